The van der Waals surface area contributed by atoms with Crippen molar-refractivity contribution >= 4 is 11.7 Å². The first-order chi connectivity index (χ1) is 13.8. The Morgan fingerprint density at radius 2 is 2.18 bits per heavy atom. The van der Waals surface area contributed by atoms with Crippen LogP contribution in [-0.2, 0) is 11.3 Å². The fourth-order valence-electron chi connectivity index (χ4n) is 2.81. The average molecular weight is 384 g/mol. The number of rotatable bonds is 7. The van der Waals surface area contributed by atoms with Gasteiger partial charge < -0.3 is 29.0 Å². The van der Waals surface area contributed by atoms with Gasteiger partial charge in [0, 0.05) is 6.61 Å². The highest BCUT2D eigenvalue weighted by Crippen LogP contribution is 2.25. The first kappa shape index (κ1) is 18.1. The van der Waals surface area contributed by atoms with Crippen LogP contribution in [0.15, 0.2) is 51.6 Å². The molecule has 0 bridgehead atoms. The molecule has 28 heavy (non-hydrogen) atoms. The van der Waals surface area contributed by atoms with Gasteiger partial charge in [-0.25, -0.2) is 4.79 Å². The standard InChI is InChI=1S/C19H20N4O5/c24-19(20-11-17-22-18(28-23-17)16-8-4-10-26-16)21-14-6-1-2-7-15(14)27-12-13-5-3-9-25-13/h1-2,4,6-8,10,13H,3,5,9,11-12H2,(H2,20,21,24)/t13-/m1/s1. The van der Waals surface area contributed by atoms with E-state index in [9.17, 15) is 4.79 Å². The predicted molar refractivity (Wildman–Crippen MR) is 98.8 cm³/mol. The topological polar surface area (TPSA) is 112 Å². The minimum absolute atomic E-state index is 0.100. The Morgan fingerprint density at radius 3 is 3.00 bits per heavy atom. The number of carbonyl (C=O) groups excluding carboxylic acids is 1. The molecule has 1 aliphatic heterocycles. The van der Waals surface area contributed by atoms with Crippen molar-refractivity contribution in [3.63, 3.8) is 0 Å². The van der Waals surface area contributed by atoms with E-state index in [1.807, 2.05) is 12.1 Å². The van der Waals surface area contributed by atoms with Crippen LogP contribution in [0, 0.1) is 0 Å². The fraction of sp³-hybridized carbons (Fsp3) is 0.316. The molecule has 0 unspecified atom stereocenters. The lowest BCUT2D eigenvalue weighted by Gasteiger charge is -2.15. The van der Waals surface area contributed by atoms with Gasteiger partial charge in [0.1, 0.15) is 12.4 Å². The smallest absolute Gasteiger partial charge is 0.319 e. The third kappa shape index (κ3) is 4.49. The van der Waals surface area contributed by atoms with Gasteiger partial charge in [0.05, 0.1) is 24.6 Å². The summed E-state index contributed by atoms with van der Waals surface area (Å²) in [7, 11) is 0. The summed E-state index contributed by atoms with van der Waals surface area (Å²) in [6, 6.07) is 10.3. The van der Waals surface area contributed by atoms with Crippen LogP contribution < -0.4 is 15.4 Å². The molecule has 1 atom stereocenters. The van der Waals surface area contributed by atoms with Gasteiger partial charge in [0.2, 0.25) is 0 Å². The highest BCUT2D eigenvalue weighted by molar-refractivity contribution is 5.90. The second-order valence-electron chi connectivity index (χ2n) is 6.24. The van der Waals surface area contributed by atoms with Crippen LogP contribution in [0.4, 0.5) is 10.5 Å². The van der Waals surface area contributed by atoms with E-state index in [4.69, 9.17) is 18.4 Å². The number of para-hydroxylation sites is 2. The highest BCUT2D eigenvalue weighted by atomic mass is 16.5. The van der Waals surface area contributed by atoms with Crippen LogP contribution in [0.5, 0.6) is 5.75 Å². The molecule has 0 aliphatic carbocycles. The second kappa shape index (κ2) is 8.57. The van der Waals surface area contributed by atoms with Gasteiger partial charge in [-0.15, -0.1) is 0 Å². The Labute approximate surface area is 161 Å². The number of amides is 2. The van der Waals surface area contributed by atoms with E-state index in [0.29, 0.717) is 29.6 Å². The number of anilines is 1. The van der Waals surface area contributed by atoms with Crippen LogP contribution >= 0.6 is 0 Å². The first-order valence-electron chi connectivity index (χ1n) is 9.02. The maximum Gasteiger partial charge on any atom is 0.319 e. The number of carbonyl (C=O) groups is 1. The number of ether oxygens (including phenoxy) is 2. The van der Waals surface area contributed by atoms with Gasteiger partial charge >= 0.3 is 6.03 Å². The van der Waals surface area contributed by atoms with Gasteiger partial charge in [0.25, 0.3) is 5.89 Å². The molecule has 1 fully saturated rings. The van der Waals surface area contributed by atoms with Crippen molar-refractivity contribution < 1.29 is 23.2 Å². The van der Waals surface area contributed by atoms with Crippen LogP contribution in [0.1, 0.15) is 18.7 Å². The molecular weight excluding hydrogens is 364 g/mol. The average Bonchev–Trinajstić information content (AvgIpc) is 3.48. The molecule has 3 heterocycles. The van der Waals surface area contributed by atoms with Crippen molar-refractivity contribution in [2.75, 3.05) is 18.5 Å². The van der Waals surface area contributed by atoms with E-state index in [-0.39, 0.29) is 18.5 Å². The summed E-state index contributed by atoms with van der Waals surface area (Å²) in [5.74, 6) is 1.66. The number of urea groups is 1. The van der Waals surface area contributed by atoms with E-state index in [1.165, 1.54) is 6.26 Å². The highest BCUT2D eigenvalue weighted by Gasteiger charge is 2.17. The minimum atomic E-state index is -0.405. The number of benzene rings is 1. The monoisotopic (exact) mass is 384 g/mol. The van der Waals surface area contributed by atoms with Crippen molar-refractivity contribution in [2.45, 2.75) is 25.5 Å². The number of furan rings is 1. The number of hydrogen-bond acceptors (Lipinski definition) is 7. The van der Waals surface area contributed by atoms with Crippen LogP contribution in [-0.4, -0.2) is 35.5 Å². The lowest BCUT2D eigenvalue weighted by molar-refractivity contribution is 0.0682. The normalized spacial score (nSPS) is 16.1. The van der Waals surface area contributed by atoms with Gasteiger partial charge in [-0.1, -0.05) is 17.3 Å². The number of nitrogens with one attached hydrogen (secondary N) is 2. The predicted octanol–water partition coefficient (Wildman–Crippen LogP) is 3.21. The summed E-state index contributed by atoms with van der Waals surface area (Å²) in [5.41, 5.74) is 0.572. The molecule has 2 aromatic heterocycles. The molecular formula is C19H20N4O5. The lowest BCUT2D eigenvalue weighted by Crippen LogP contribution is -2.29. The van der Waals surface area contributed by atoms with Gasteiger partial charge in [0.15, 0.2) is 11.6 Å². The first-order valence-corrected chi connectivity index (χ1v) is 9.02. The van der Waals surface area contributed by atoms with Gasteiger partial charge in [-0.05, 0) is 37.1 Å². The minimum Gasteiger partial charge on any atom is -0.489 e. The summed E-state index contributed by atoms with van der Waals surface area (Å²) >= 11 is 0. The van der Waals surface area contributed by atoms with E-state index in [2.05, 4.69) is 20.8 Å². The maximum absolute atomic E-state index is 12.2. The van der Waals surface area contributed by atoms with E-state index >= 15 is 0 Å². The third-order valence-electron chi connectivity index (χ3n) is 4.19. The molecule has 1 saturated heterocycles. The largest absolute Gasteiger partial charge is 0.489 e. The molecule has 9 nitrogen and oxygen atoms in total. The SMILES string of the molecule is O=C(NCc1noc(-c2ccco2)n1)Nc1ccccc1OC[C@H]1CCCO1. The zero-order chi connectivity index (χ0) is 19.2. The Morgan fingerprint density at radius 1 is 1.25 bits per heavy atom. The van der Waals surface area contributed by atoms with Crippen molar-refractivity contribution in [1.29, 1.82) is 0 Å². The summed E-state index contributed by atoms with van der Waals surface area (Å²) in [6.07, 6.45) is 3.65. The molecule has 0 saturated carbocycles. The summed E-state index contributed by atoms with van der Waals surface area (Å²) < 4.78 is 21.7. The number of nitrogens with zero attached hydrogens (tertiary/aromatic N) is 2. The van der Waals surface area contributed by atoms with Crippen molar-refractivity contribution in [3.05, 3.63) is 48.5 Å². The summed E-state index contributed by atoms with van der Waals surface area (Å²) in [4.78, 5) is 16.4. The van der Waals surface area contributed by atoms with Crippen molar-refractivity contribution in [2.24, 2.45) is 0 Å². The molecule has 146 valence electrons. The summed E-state index contributed by atoms with van der Waals surface area (Å²) in [5, 5.41) is 9.27. The molecule has 0 radical (unpaired) electrons. The second-order valence-corrected chi connectivity index (χ2v) is 6.24. The quantitative estimate of drug-likeness (QED) is 0.643. The van der Waals surface area contributed by atoms with Crippen molar-refractivity contribution in [1.82, 2.24) is 15.5 Å². The summed E-state index contributed by atoms with van der Waals surface area (Å²) in [6.45, 7) is 1.34. The zero-order valence-corrected chi connectivity index (χ0v) is 15.1. The van der Waals surface area contributed by atoms with E-state index < -0.39 is 6.03 Å². The lowest BCUT2D eigenvalue weighted by atomic mass is 10.2. The Balaban J connectivity index is 1.30. The van der Waals surface area contributed by atoms with E-state index in [0.717, 1.165) is 19.4 Å². The molecule has 0 spiro atoms. The van der Waals surface area contributed by atoms with Crippen LogP contribution in [0.25, 0.3) is 11.7 Å². The third-order valence-corrected chi connectivity index (χ3v) is 4.19. The molecule has 2 N–H and O–H groups in total. The van der Waals surface area contributed by atoms with Crippen LogP contribution in [0.3, 0.4) is 0 Å². The Hall–Kier alpha value is -3.33. The number of aromatic nitrogens is 2. The molecule has 9 heteroatoms. The Bertz CT molecular complexity index is 903. The molecule has 1 aromatic carbocycles. The zero-order valence-electron chi connectivity index (χ0n) is 15.1. The molecule has 2 amide bonds. The maximum atomic E-state index is 12.2. The molecule has 4 rings (SSSR count). The van der Waals surface area contributed by atoms with Gasteiger partial charge in [-0.3, -0.25) is 0 Å². The molecule has 1 aliphatic rings. The van der Waals surface area contributed by atoms with Crippen molar-refractivity contribution in [3.8, 4) is 17.4 Å². The molecule has 3 aromatic rings. The number of hydrogen-bond donors (Lipinski definition) is 2. The fourth-order valence-corrected chi connectivity index (χ4v) is 2.81. The van der Waals surface area contributed by atoms with Gasteiger partial charge in [-0.2, -0.15) is 4.98 Å². The Kier molecular flexibility index (Phi) is 5.53. The van der Waals surface area contributed by atoms with Crippen LogP contribution in [0.2, 0.25) is 0 Å². The van der Waals surface area contributed by atoms with E-state index in [1.54, 1.807) is 24.3 Å².